The molecule has 0 aliphatic heterocycles. The summed E-state index contributed by atoms with van der Waals surface area (Å²) < 4.78 is 2.05. The fraction of sp³-hybridized carbons (Fsp3) is 0.150. The zero-order chi connectivity index (χ0) is 18.5. The van der Waals surface area contributed by atoms with Gasteiger partial charge in [-0.2, -0.15) is 5.26 Å². The van der Waals surface area contributed by atoms with Crippen LogP contribution in [-0.4, -0.2) is 21.2 Å². The van der Waals surface area contributed by atoms with Gasteiger partial charge in [0.25, 0.3) is 0 Å². The van der Waals surface area contributed by atoms with E-state index in [0.29, 0.717) is 11.3 Å². The molecule has 1 N–H and O–H groups in total. The number of benzene rings is 2. The molecule has 2 aromatic carbocycles. The van der Waals surface area contributed by atoms with E-state index in [9.17, 15) is 4.79 Å². The Morgan fingerprint density at radius 3 is 2.58 bits per heavy atom. The summed E-state index contributed by atoms with van der Waals surface area (Å²) in [5.74, 6) is 0.0401. The van der Waals surface area contributed by atoms with E-state index in [1.165, 1.54) is 11.8 Å². The molecule has 0 unspecified atom stereocenters. The van der Waals surface area contributed by atoms with E-state index >= 15 is 0 Å². The average Bonchev–Trinajstić information content (AvgIpc) is 2.95. The van der Waals surface area contributed by atoms with Crippen molar-refractivity contribution in [2.45, 2.75) is 19.0 Å². The van der Waals surface area contributed by atoms with Crippen molar-refractivity contribution in [3.05, 3.63) is 71.5 Å². The Bertz CT molecular complexity index is 973. The Balaban J connectivity index is 1.75. The van der Waals surface area contributed by atoms with Crippen LogP contribution in [0.3, 0.4) is 0 Å². The number of rotatable bonds is 5. The number of anilines is 1. The summed E-state index contributed by atoms with van der Waals surface area (Å²) in [6, 6.07) is 19.0. The van der Waals surface area contributed by atoms with Crippen LogP contribution >= 0.6 is 11.8 Å². The van der Waals surface area contributed by atoms with Gasteiger partial charge in [-0.1, -0.05) is 42.1 Å². The van der Waals surface area contributed by atoms with E-state index in [-0.39, 0.29) is 11.7 Å². The number of aryl methyl sites for hydroxylation is 1. The molecule has 0 saturated heterocycles. The first-order chi connectivity index (χ1) is 12.6. The van der Waals surface area contributed by atoms with Gasteiger partial charge in [0.05, 0.1) is 22.7 Å². The Hall–Kier alpha value is -3.04. The zero-order valence-corrected chi connectivity index (χ0v) is 15.4. The molecular formula is C20H18N4OS. The van der Waals surface area contributed by atoms with E-state index in [1.54, 1.807) is 24.3 Å². The van der Waals surface area contributed by atoms with Gasteiger partial charge in [0.15, 0.2) is 5.16 Å². The van der Waals surface area contributed by atoms with Gasteiger partial charge in [0.1, 0.15) is 6.07 Å². The maximum Gasteiger partial charge on any atom is 0.234 e. The summed E-state index contributed by atoms with van der Waals surface area (Å²) in [4.78, 5) is 16.9. The highest BCUT2D eigenvalue weighted by Crippen LogP contribution is 2.25. The highest BCUT2D eigenvalue weighted by molar-refractivity contribution is 7.99. The van der Waals surface area contributed by atoms with Crippen LogP contribution in [0, 0.1) is 25.2 Å². The lowest BCUT2D eigenvalue weighted by Gasteiger charge is -2.10. The van der Waals surface area contributed by atoms with Crippen LogP contribution in [0.4, 0.5) is 5.69 Å². The average molecular weight is 362 g/mol. The second-order valence-electron chi connectivity index (χ2n) is 5.73. The highest BCUT2D eigenvalue weighted by atomic mass is 32.2. The van der Waals surface area contributed by atoms with Gasteiger partial charge in [-0.15, -0.1) is 0 Å². The summed E-state index contributed by atoms with van der Waals surface area (Å²) in [6.45, 7) is 3.98. The number of carbonyl (C=O) groups is 1. The van der Waals surface area contributed by atoms with Crippen molar-refractivity contribution < 1.29 is 4.79 Å². The van der Waals surface area contributed by atoms with Crippen LogP contribution in [0.15, 0.2) is 59.8 Å². The number of hydrogen-bond acceptors (Lipinski definition) is 4. The van der Waals surface area contributed by atoms with Crippen molar-refractivity contribution in [2.75, 3.05) is 11.1 Å². The lowest BCUT2D eigenvalue weighted by molar-refractivity contribution is -0.113. The quantitative estimate of drug-likeness (QED) is 0.694. The molecule has 1 amide bonds. The fourth-order valence-electron chi connectivity index (χ4n) is 2.56. The first-order valence-electron chi connectivity index (χ1n) is 8.13. The number of thioether (sulfide) groups is 1. The molecule has 0 radical (unpaired) electrons. The van der Waals surface area contributed by atoms with Crippen LogP contribution in [0.1, 0.15) is 17.0 Å². The molecule has 26 heavy (non-hydrogen) atoms. The van der Waals surface area contributed by atoms with Crippen molar-refractivity contribution in [1.82, 2.24) is 9.55 Å². The molecule has 6 heteroatoms. The number of nitriles is 1. The molecule has 0 bridgehead atoms. The molecule has 0 aliphatic carbocycles. The molecule has 130 valence electrons. The second kappa shape index (κ2) is 7.89. The molecule has 3 rings (SSSR count). The third kappa shape index (κ3) is 3.79. The molecule has 5 nitrogen and oxygen atoms in total. The van der Waals surface area contributed by atoms with Gasteiger partial charge in [-0.05, 0) is 38.1 Å². The predicted molar refractivity (Wildman–Crippen MR) is 104 cm³/mol. The zero-order valence-electron chi connectivity index (χ0n) is 14.6. The van der Waals surface area contributed by atoms with Gasteiger partial charge in [-0.25, -0.2) is 4.98 Å². The van der Waals surface area contributed by atoms with E-state index in [2.05, 4.69) is 20.9 Å². The molecule has 0 saturated carbocycles. The van der Waals surface area contributed by atoms with Gasteiger partial charge in [0, 0.05) is 11.4 Å². The van der Waals surface area contributed by atoms with Gasteiger partial charge < -0.3 is 5.32 Å². The van der Waals surface area contributed by atoms with Gasteiger partial charge in [-0.3, -0.25) is 9.36 Å². The summed E-state index contributed by atoms with van der Waals surface area (Å²) in [5, 5.41) is 12.7. The number of nitrogens with zero attached hydrogens (tertiary/aromatic N) is 3. The smallest absolute Gasteiger partial charge is 0.234 e. The van der Waals surface area contributed by atoms with Crippen LogP contribution < -0.4 is 5.32 Å². The number of para-hydroxylation sites is 2. The number of imidazole rings is 1. The minimum Gasteiger partial charge on any atom is -0.324 e. The maximum absolute atomic E-state index is 12.3. The van der Waals surface area contributed by atoms with Crippen molar-refractivity contribution in [1.29, 1.82) is 5.26 Å². The minimum atomic E-state index is -0.171. The number of nitrogens with one attached hydrogen (secondary N) is 1. The molecule has 0 aliphatic rings. The first kappa shape index (κ1) is 17.8. The Morgan fingerprint density at radius 2 is 1.85 bits per heavy atom. The second-order valence-corrected chi connectivity index (χ2v) is 6.67. The third-order valence-corrected chi connectivity index (χ3v) is 4.92. The predicted octanol–water partition coefficient (Wildman–Crippen LogP) is 4.09. The molecule has 0 spiro atoms. The standard InChI is InChI=1S/C20H18N4OS/c1-14-15(2)24(17-9-4-3-5-10-17)20(22-14)26-13-19(25)23-18-11-7-6-8-16(18)12-21/h3-11H,13H2,1-2H3,(H,23,25). The molecule has 1 aromatic heterocycles. The molecular weight excluding hydrogens is 344 g/mol. The van der Waals surface area contributed by atoms with E-state index in [1.807, 2.05) is 44.2 Å². The van der Waals surface area contributed by atoms with Crippen LogP contribution in [0.25, 0.3) is 5.69 Å². The maximum atomic E-state index is 12.3. The van der Waals surface area contributed by atoms with Crippen molar-refractivity contribution in [3.63, 3.8) is 0 Å². The molecule has 0 atom stereocenters. The first-order valence-corrected chi connectivity index (χ1v) is 9.12. The fourth-order valence-corrected chi connectivity index (χ4v) is 3.47. The van der Waals surface area contributed by atoms with Crippen LogP contribution in [0.2, 0.25) is 0 Å². The van der Waals surface area contributed by atoms with Gasteiger partial charge in [0.2, 0.25) is 5.91 Å². The van der Waals surface area contributed by atoms with Gasteiger partial charge >= 0.3 is 0 Å². The van der Waals surface area contributed by atoms with E-state index in [0.717, 1.165) is 22.2 Å². The lowest BCUT2D eigenvalue weighted by atomic mass is 10.2. The van der Waals surface area contributed by atoms with Crippen LogP contribution in [-0.2, 0) is 4.79 Å². The Kier molecular flexibility index (Phi) is 5.40. The SMILES string of the molecule is Cc1nc(SCC(=O)Nc2ccccc2C#N)n(-c2ccccc2)c1C. The number of aromatic nitrogens is 2. The number of carbonyl (C=O) groups excluding carboxylic acids is 1. The summed E-state index contributed by atoms with van der Waals surface area (Å²) in [7, 11) is 0. The Labute approximate surface area is 156 Å². The normalized spacial score (nSPS) is 10.3. The lowest BCUT2D eigenvalue weighted by Crippen LogP contribution is -2.15. The number of hydrogen-bond donors (Lipinski definition) is 1. The highest BCUT2D eigenvalue weighted by Gasteiger charge is 2.15. The minimum absolute atomic E-state index is 0.171. The van der Waals surface area contributed by atoms with E-state index in [4.69, 9.17) is 5.26 Å². The van der Waals surface area contributed by atoms with Crippen molar-refractivity contribution in [2.24, 2.45) is 0 Å². The summed E-state index contributed by atoms with van der Waals surface area (Å²) >= 11 is 1.37. The third-order valence-electron chi connectivity index (χ3n) is 3.98. The molecule has 0 fully saturated rings. The molecule has 3 aromatic rings. The van der Waals surface area contributed by atoms with Crippen molar-refractivity contribution in [3.8, 4) is 11.8 Å². The Morgan fingerprint density at radius 1 is 1.15 bits per heavy atom. The van der Waals surface area contributed by atoms with E-state index < -0.39 is 0 Å². The summed E-state index contributed by atoms with van der Waals surface area (Å²) in [5.41, 5.74) is 3.98. The largest absolute Gasteiger partial charge is 0.324 e. The van der Waals surface area contributed by atoms with Crippen molar-refractivity contribution >= 4 is 23.4 Å². The molecule has 1 heterocycles. The number of amides is 1. The summed E-state index contributed by atoms with van der Waals surface area (Å²) in [6.07, 6.45) is 0. The topological polar surface area (TPSA) is 70.7 Å². The van der Waals surface area contributed by atoms with Crippen LogP contribution in [0.5, 0.6) is 0 Å². The monoisotopic (exact) mass is 362 g/mol.